The number of nitrogen functional groups attached to an aromatic ring is 1. The summed E-state index contributed by atoms with van der Waals surface area (Å²) >= 11 is 0. The molecule has 0 radical (unpaired) electrons. The Kier molecular flexibility index (Phi) is 3.58. The van der Waals surface area contributed by atoms with Gasteiger partial charge in [0.15, 0.2) is 5.82 Å². The largest absolute Gasteiger partial charge is 0.396 e. The summed E-state index contributed by atoms with van der Waals surface area (Å²) in [5, 5.41) is 0. The van der Waals surface area contributed by atoms with Crippen molar-refractivity contribution >= 4 is 17.2 Å². The second-order valence-corrected chi connectivity index (χ2v) is 6.51. The zero-order valence-corrected chi connectivity index (χ0v) is 12.7. The fourth-order valence-electron chi connectivity index (χ4n) is 2.54. The van der Waals surface area contributed by atoms with E-state index in [2.05, 4.69) is 31.0 Å². The van der Waals surface area contributed by atoms with Crippen LogP contribution in [0.15, 0.2) is 12.3 Å². The highest BCUT2D eigenvalue weighted by Crippen LogP contribution is 2.29. The summed E-state index contributed by atoms with van der Waals surface area (Å²) in [6.45, 7) is 2.07. The van der Waals surface area contributed by atoms with Gasteiger partial charge in [-0.05, 0) is 6.07 Å². The van der Waals surface area contributed by atoms with Crippen LogP contribution in [0.3, 0.4) is 0 Å². The molecular formula is C14H26N5+. The molecule has 0 bridgehead atoms. The summed E-state index contributed by atoms with van der Waals surface area (Å²) in [6, 6.07) is 2.65. The van der Waals surface area contributed by atoms with Crippen LogP contribution >= 0.6 is 0 Å². The van der Waals surface area contributed by atoms with Crippen LogP contribution in [0.2, 0.25) is 0 Å². The Morgan fingerprint density at radius 2 is 2.05 bits per heavy atom. The van der Waals surface area contributed by atoms with Gasteiger partial charge < -0.3 is 20.0 Å². The Morgan fingerprint density at radius 3 is 2.53 bits per heavy atom. The van der Waals surface area contributed by atoms with Gasteiger partial charge in [0.05, 0.1) is 45.3 Å². The van der Waals surface area contributed by atoms with Crippen molar-refractivity contribution in [3.05, 3.63) is 12.3 Å². The number of rotatable bonds is 3. The topological polar surface area (TPSA) is 45.4 Å². The second-order valence-electron chi connectivity index (χ2n) is 6.51. The van der Waals surface area contributed by atoms with Gasteiger partial charge >= 0.3 is 0 Å². The van der Waals surface area contributed by atoms with Crippen LogP contribution in [-0.2, 0) is 0 Å². The fraction of sp³-hybridized carbons (Fsp3) is 0.643. The highest BCUT2D eigenvalue weighted by atomic mass is 15.4. The van der Waals surface area contributed by atoms with Crippen molar-refractivity contribution in [3.8, 4) is 0 Å². The van der Waals surface area contributed by atoms with Crippen molar-refractivity contribution in [1.29, 1.82) is 0 Å². The predicted octanol–water partition coefficient (Wildman–Crippen LogP) is 1.01. The van der Waals surface area contributed by atoms with Gasteiger partial charge in [-0.25, -0.2) is 4.98 Å². The SMILES string of the molecule is CN(C)c1cnc(N2CCC([N+](C)(C)C)C2)c(N)c1. The van der Waals surface area contributed by atoms with E-state index < -0.39 is 0 Å². The number of nitrogens with zero attached hydrogens (tertiary/aromatic N) is 4. The van der Waals surface area contributed by atoms with Gasteiger partial charge in [-0.3, -0.25) is 0 Å². The lowest BCUT2D eigenvalue weighted by Gasteiger charge is -2.31. The lowest BCUT2D eigenvalue weighted by Crippen LogP contribution is -2.46. The van der Waals surface area contributed by atoms with Crippen LogP contribution in [0, 0.1) is 0 Å². The number of likely N-dealkylation sites (N-methyl/N-ethyl adjacent to an activating group) is 1. The predicted molar refractivity (Wildman–Crippen MR) is 81.6 cm³/mol. The molecule has 1 aromatic heterocycles. The maximum atomic E-state index is 6.16. The number of aromatic nitrogens is 1. The molecule has 0 aliphatic carbocycles. The van der Waals surface area contributed by atoms with E-state index in [1.165, 1.54) is 6.42 Å². The molecule has 0 aromatic carbocycles. The van der Waals surface area contributed by atoms with E-state index in [0.29, 0.717) is 6.04 Å². The normalized spacial score (nSPS) is 19.8. The zero-order valence-electron chi connectivity index (χ0n) is 12.7. The summed E-state index contributed by atoms with van der Waals surface area (Å²) in [7, 11) is 10.7. The molecule has 0 saturated carbocycles. The molecule has 2 rings (SSSR count). The summed E-state index contributed by atoms with van der Waals surface area (Å²) in [6.07, 6.45) is 3.09. The van der Waals surface area contributed by atoms with Crippen LogP contribution in [-0.4, -0.2) is 63.8 Å². The van der Waals surface area contributed by atoms with Crippen LogP contribution in [0.4, 0.5) is 17.2 Å². The van der Waals surface area contributed by atoms with E-state index in [1.54, 1.807) is 0 Å². The Labute approximate surface area is 116 Å². The fourth-order valence-corrected chi connectivity index (χ4v) is 2.54. The average Bonchev–Trinajstić information content (AvgIpc) is 2.77. The van der Waals surface area contributed by atoms with Crippen molar-refractivity contribution in [3.63, 3.8) is 0 Å². The Morgan fingerprint density at radius 1 is 1.37 bits per heavy atom. The number of anilines is 3. The number of quaternary nitrogens is 1. The van der Waals surface area contributed by atoms with E-state index in [4.69, 9.17) is 5.73 Å². The molecule has 2 heterocycles. The Balaban J connectivity index is 2.16. The molecule has 5 nitrogen and oxygen atoms in total. The van der Waals surface area contributed by atoms with Gasteiger partial charge in [0, 0.05) is 27.1 Å². The summed E-state index contributed by atoms with van der Waals surface area (Å²) in [5.74, 6) is 0.932. The summed E-state index contributed by atoms with van der Waals surface area (Å²) in [5.41, 5.74) is 7.97. The number of nitrogens with two attached hydrogens (primary N) is 1. The quantitative estimate of drug-likeness (QED) is 0.828. The van der Waals surface area contributed by atoms with Gasteiger partial charge in [0.1, 0.15) is 6.04 Å². The maximum absolute atomic E-state index is 6.16. The maximum Gasteiger partial charge on any atom is 0.152 e. The lowest BCUT2D eigenvalue weighted by molar-refractivity contribution is -0.893. The van der Waals surface area contributed by atoms with E-state index >= 15 is 0 Å². The Bertz CT molecular complexity index is 450. The first-order chi connectivity index (χ1) is 8.79. The van der Waals surface area contributed by atoms with Crippen molar-refractivity contribution in [2.45, 2.75) is 12.5 Å². The lowest BCUT2D eigenvalue weighted by atomic mass is 10.2. The first-order valence-corrected chi connectivity index (χ1v) is 6.78. The van der Waals surface area contributed by atoms with Crippen LogP contribution in [0.5, 0.6) is 0 Å². The van der Waals surface area contributed by atoms with Crippen LogP contribution in [0.25, 0.3) is 0 Å². The third-order valence-corrected chi connectivity index (χ3v) is 3.96. The van der Waals surface area contributed by atoms with Crippen molar-refractivity contribution < 1.29 is 4.48 Å². The van der Waals surface area contributed by atoms with E-state index in [9.17, 15) is 0 Å². The first-order valence-electron chi connectivity index (χ1n) is 6.78. The number of pyridine rings is 1. The molecule has 1 aliphatic heterocycles. The number of hydrogen-bond donors (Lipinski definition) is 1. The molecule has 1 atom stereocenters. The van der Waals surface area contributed by atoms with Gasteiger partial charge in [0.2, 0.25) is 0 Å². The van der Waals surface area contributed by atoms with Crippen LogP contribution < -0.4 is 15.5 Å². The highest BCUT2D eigenvalue weighted by molar-refractivity contribution is 5.68. The zero-order chi connectivity index (χ0) is 14.2. The molecule has 2 N–H and O–H groups in total. The minimum absolute atomic E-state index is 0.648. The highest BCUT2D eigenvalue weighted by Gasteiger charge is 2.33. The molecule has 1 saturated heterocycles. The Hall–Kier alpha value is -1.49. The van der Waals surface area contributed by atoms with Crippen molar-refractivity contribution in [1.82, 2.24) is 4.98 Å². The first kappa shape index (κ1) is 13.9. The molecule has 1 aliphatic rings. The van der Waals surface area contributed by atoms with Crippen molar-refractivity contribution in [2.75, 3.05) is 63.9 Å². The second kappa shape index (κ2) is 4.89. The monoisotopic (exact) mass is 264 g/mol. The number of hydrogen-bond acceptors (Lipinski definition) is 4. The van der Waals surface area contributed by atoms with Gasteiger partial charge in [-0.15, -0.1) is 0 Å². The molecule has 0 amide bonds. The molecule has 1 unspecified atom stereocenters. The standard InChI is InChI=1S/C14H26N5/c1-17(2)11-8-13(15)14(16-9-11)18-7-6-12(10-18)19(3,4)5/h8-9,12H,6-7,10,15H2,1-5H3/q+1. The van der Waals surface area contributed by atoms with E-state index in [1.807, 2.05) is 31.3 Å². The minimum Gasteiger partial charge on any atom is -0.396 e. The molecule has 5 heteroatoms. The molecule has 1 aromatic rings. The van der Waals surface area contributed by atoms with Gasteiger partial charge in [-0.1, -0.05) is 0 Å². The van der Waals surface area contributed by atoms with Crippen molar-refractivity contribution in [2.24, 2.45) is 0 Å². The van der Waals surface area contributed by atoms with E-state index in [-0.39, 0.29) is 0 Å². The molecular weight excluding hydrogens is 238 g/mol. The minimum atomic E-state index is 0.648. The van der Waals surface area contributed by atoms with Gasteiger partial charge in [0.25, 0.3) is 0 Å². The molecule has 0 spiro atoms. The smallest absolute Gasteiger partial charge is 0.152 e. The summed E-state index contributed by atoms with van der Waals surface area (Å²) in [4.78, 5) is 8.88. The molecule has 19 heavy (non-hydrogen) atoms. The average molecular weight is 264 g/mol. The molecule has 1 fully saturated rings. The van der Waals surface area contributed by atoms with Crippen LogP contribution in [0.1, 0.15) is 6.42 Å². The third kappa shape index (κ3) is 2.92. The van der Waals surface area contributed by atoms with E-state index in [0.717, 1.165) is 34.8 Å². The summed E-state index contributed by atoms with van der Waals surface area (Å²) < 4.78 is 0.992. The molecule has 106 valence electrons. The third-order valence-electron chi connectivity index (χ3n) is 3.96. The van der Waals surface area contributed by atoms with Gasteiger partial charge in [-0.2, -0.15) is 0 Å².